The van der Waals surface area contributed by atoms with Gasteiger partial charge in [0.05, 0.1) is 10.5 Å². The quantitative estimate of drug-likeness (QED) is 0.471. The number of hydrogen-bond donors (Lipinski definition) is 2. The third-order valence-corrected chi connectivity index (χ3v) is 5.41. The van der Waals surface area contributed by atoms with Gasteiger partial charge in [-0.1, -0.05) is 12.1 Å². The molecule has 120 valence electrons. The number of non-ortho nitro benzene ring substituents is 1. The van der Waals surface area contributed by atoms with Crippen molar-refractivity contribution in [3.05, 3.63) is 51.7 Å². The summed E-state index contributed by atoms with van der Waals surface area (Å²) in [6.07, 6.45) is 1.75. The van der Waals surface area contributed by atoms with Gasteiger partial charge in [0.25, 0.3) is 5.69 Å². The fourth-order valence-electron chi connectivity index (χ4n) is 2.59. The van der Waals surface area contributed by atoms with E-state index < -0.39 is 16.9 Å². The summed E-state index contributed by atoms with van der Waals surface area (Å²) in [6.45, 7) is 0. The predicted molar refractivity (Wildman–Crippen MR) is 82.5 cm³/mol. The fraction of sp³-hybridized carbons (Fsp3) is 0.286. The second-order valence-corrected chi connectivity index (χ2v) is 6.63. The molecule has 0 spiro atoms. The molecule has 1 amide bonds. The lowest BCUT2D eigenvalue weighted by Gasteiger charge is -2.47. The predicted octanol–water partition coefficient (Wildman–Crippen LogP) is 0.717. The maximum atomic E-state index is 11.6. The van der Waals surface area contributed by atoms with Gasteiger partial charge in [-0.2, -0.15) is 0 Å². The van der Waals surface area contributed by atoms with Gasteiger partial charge in [0.2, 0.25) is 5.91 Å². The van der Waals surface area contributed by atoms with Gasteiger partial charge in [-0.15, -0.1) is 11.8 Å². The number of carboxylic acid groups (broad SMARTS) is 1. The number of rotatable bonds is 4. The fourth-order valence-corrected chi connectivity index (χ4v) is 4.11. The summed E-state index contributed by atoms with van der Waals surface area (Å²) in [5.74, 6) is -1.37. The van der Waals surface area contributed by atoms with Crippen molar-refractivity contribution < 1.29 is 19.6 Å². The molecule has 23 heavy (non-hydrogen) atoms. The number of aliphatic carboxylic acids is 1. The van der Waals surface area contributed by atoms with Crippen molar-refractivity contribution in [2.24, 2.45) is 5.73 Å². The SMILES string of the molecule is NC1C(=O)N2C=C(C(=O)O)C(Cc3ccc([N+](=O)[O-])cc3)S[C@H]12. The number of carbonyl (C=O) groups is 2. The molecule has 2 aliphatic rings. The average Bonchev–Trinajstić information content (AvgIpc) is 2.54. The van der Waals surface area contributed by atoms with Crippen LogP contribution in [0.1, 0.15) is 5.56 Å². The van der Waals surface area contributed by atoms with E-state index in [4.69, 9.17) is 5.73 Å². The van der Waals surface area contributed by atoms with Crippen molar-refractivity contribution in [1.29, 1.82) is 0 Å². The maximum Gasteiger partial charge on any atom is 0.334 e. The van der Waals surface area contributed by atoms with Crippen LogP contribution in [0.15, 0.2) is 36.0 Å². The number of β-lactam (4-membered cyclic amide) rings is 1. The van der Waals surface area contributed by atoms with Gasteiger partial charge in [-0.25, -0.2) is 4.79 Å². The van der Waals surface area contributed by atoms with Gasteiger partial charge in [0.1, 0.15) is 11.4 Å². The smallest absolute Gasteiger partial charge is 0.334 e. The molecule has 1 aromatic carbocycles. The first-order chi connectivity index (χ1) is 10.9. The molecule has 0 aromatic heterocycles. The standard InChI is InChI=1S/C14H13N3O5S/c15-11-12(18)16-6-9(14(19)20)10(23-13(11)16)5-7-1-3-8(4-2-7)17(21)22/h1-4,6,10-11,13H,5,15H2,(H,19,20)/t10?,11?,13-/m1/s1. The van der Waals surface area contributed by atoms with Crippen molar-refractivity contribution in [1.82, 2.24) is 4.90 Å². The van der Waals surface area contributed by atoms with Crippen LogP contribution < -0.4 is 5.73 Å². The number of hydrogen-bond acceptors (Lipinski definition) is 6. The Hall–Kier alpha value is -2.39. The zero-order valence-electron chi connectivity index (χ0n) is 11.8. The first-order valence-electron chi connectivity index (χ1n) is 6.80. The Kier molecular flexibility index (Phi) is 3.82. The van der Waals surface area contributed by atoms with E-state index >= 15 is 0 Å². The molecule has 2 unspecified atom stereocenters. The topological polar surface area (TPSA) is 127 Å². The Labute approximate surface area is 135 Å². The van der Waals surface area contributed by atoms with Crippen LogP contribution >= 0.6 is 11.8 Å². The molecule has 3 rings (SSSR count). The summed E-state index contributed by atoms with van der Waals surface area (Å²) in [7, 11) is 0. The molecule has 3 N–H and O–H groups in total. The van der Waals surface area contributed by atoms with Crippen molar-refractivity contribution in [3.63, 3.8) is 0 Å². The summed E-state index contributed by atoms with van der Waals surface area (Å²) in [5.41, 5.74) is 6.64. The molecular formula is C14H13N3O5S. The molecule has 1 fully saturated rings. The zero-order chi connectivity index (χ0) is 16.7. The summed E-state index contributed by atoms with van der Waals surface area (Å²) in [5, 5.41) is 19.4. The Morgan fingerprint density at radius 1 is 1.39 bits per heavy atom. The highest BCUT2D eigenvalue weighted by molar-refractivity contribution is 8.01. The summed E-state index contributed by atoms with van der Waals surface area (Å²) < 4.78 is 0. The van der Waals surface area contributed by atoms with E-state index in [0.29, 0.717) is 6.42 Å². The lowest BCUT2D eigenvalue weighted by molar-refractivity contribution is -0.384. The average molecular weight is 335 g/mol. The molecule has 0 aliphatic carbocycles. The molecule has 0 saturated carbocycles. The maximum absolute atomic E-state index is 11.6. The molecular weight excluding hydrogens is 322 g/mol. The minimum Gasteiger partial charge on any atom is -0.478 e. The van der Waals surface area contributed by atoms with E-state index in [1.807, 2.05) is 0 Å². The highest BCUT2D eigenvalue weighted by Gasteiger charge is 2.49. The van der Waals surface area contributed by atoms with Crippen molar-refractivity contribution in [2.45, 2.75) is 23.1 Å². The van der Waals surface area contributed by atoms with Crippen LogP contribution in [0.3, 0.4) is 0 Å². The number of nitro groups is 1. The highest BCUT2D eigenvalue weighted by Crippen LogP contribution is 2.41. The Bertz CT molecular complexity index is 718. The number of amides is 1. The largest absolute Gasteiger partial charge is 0.478 e. The van der Waals surface area contributed by atoms with E-state index in [0.717, 1.165) is 5.56 Å². The first-order valence-corrected chi connectivity index (χ1v) is 7.74. The van der Waals surface area contributed by atoms with Crippen LogP contribution in [0.2, 0.25) is 0 Å². The van der Waals surface area contributed by atoms with Crippen molar-refractivity contribution >= 4 is 29.3 Å². The summed E-state index contributed by atoms with van der Waals surface area (Å²) in [4.78, 5) is 34.6. The van der Waals surface area contributed by atoms with Crippen LogP contribution in [0, 0.1) is 10.1 Å². The van der Waals surface area contributed by atoms with Gasteiger partial charge < -0.3 is 15.7 Å². The molecule has 0 radical (unpaired) electrons. The lowest BCUT2D eigenvalue weighted by Crippen LogP contribution is -2.66. The van der Waals surface area contributed by atoms with Crippen LogP contribution in [0.4, 0.5) is 5.69 Å². The summed E-state index contributed by atoms with van der Waals surface area (Å²) >= 11 is 1.33. The van der Waals surface area contributed by atoms with E-state index in [2.05, 4.69) is 0 Å². The zero-order valence-corrected chi connectivity index (χ0v) is 12.6. The monoisotopic (exact) mass is 335 g/mol. The molecule has 3 atom stereocenters. The van der Waals surface area contributed by atoms with Crippen LogP contribution in [-0.2, 0) is 16.0 Å². The number of nitrogens with zero attached hydrogens (tertiary/aromatic N) is 2. The van der Waals surface area contributed by atoms with Crippen LogP contribution in [0.25, 0.3) is 0 Å². The number of nitro benzene ring substituents is 1. The number of carbonyl (C=O) groups excluding carboxylic acids is 1. The van der Waals surface area contributed by atoms with E-state index in [-0.39, 0.29) is 27.8 Å². The number of nitrogens with two attached hydrogens (primary N) is 1. The molecule has 1 aromatic rings. The second-order valence-electron chi connectivity index (χ2n) is 5.30. The molecule has 8 nitrogen and oxygen atoms in total. The molecule has 2 heterocycles. The molecule has 9 heteroatoms. The minimum atomic E-state index is -1.09. The molecule has 2 aliphatic heterocycles. The summed E-state index contributed by atoms with van der Waals surface area (Å²) in [6, 6.07) is 5.37. The minimum absolute atomic E-state index is 0.0168. The van der Waals surface area contributed by atoms with Crippen molar-refractivity contribution in [3.8, 4) is 0 Å². The van der Waals surface area contributed by atoms with Gasteiger partial charge in [-0.05, 0) is 12.0 Å². The number of carboxylic acids is 1. The Balaban J connectivity index is 1.82. The van der Waals surface area contributed by atoms with Gasteiger partial charge >= 0.3 is 5.97 Å². The lowest BCUT2D eigenvalue weighted by atomic mass is 10.0. The van der Waals surface area contributed by atoms with Crippen LogP contribution in [0.5, 0.6) is 0 Å². The normalized spacial score (nSPS) is 26.1. The number of thioether (sulfide) groups is 1. The first kappa shape index (κ1) is 15.5. The molecule has 0 bridgehead atoms. The Morgan fingerprint density at radius 3 is 2.61 bits per heavy atom. The number of fused-ring (bicyclic) bond motifs is 1. The third-order valence-electron chi connectivity index (χ3n) is 3.86. The van der Waals surface area contributed by atoms with Gasteiger partial charge in [0, 0.05) is 23.6 Å². The second kappa shape index (κ2) is 5.67. The Morgan fingerprint density at radius 2 is 2.04 bits per heavy atom. The van der Waals surface area contributed by atoms with Gasteiger partial charge in [0.15, 0.2) is 0 Å². The van der Waals surface area contributed by atoms with E-state index in [1.54, 1.807) is 12.1 Å². The van der Waals surface area contributed by atoms with E-state index in [1.165, 1.54) is 35.0 Å². The van der Waals surface area contributed by atoms with Crippen LogP contribution in [-0.4, -0.2) is 43.5 Å². The highest BCUT2D eigenvalue weighted by atomic mass is 32.2. The van der Waals surface area contributed by atoms with Crippen molar-refractivity contribution in [2.75, 3.05) is 0 Å². The number of benzene rings is 1. The van der Waals surface area contributed by atoms with E-state index in [9.17, 15) is 24.8 Å². The third kappa shape index (κ3) is 2.68. The van der Waals surface area contributed by atoms with Gasteiger partial charge in [-0.3, -0.25) is 14.9 Å². The molecule has 1 saturated heterocycles.